The summed E-state index contributed by atoms with van der Waals surface area (Å²) in [6.45, 7) is 6.31. The van der Waals surface area contributed by atoms with Crippen molar-refractivity contribution in [3.63, 3.8) is 0 Å². The highest BCUT2D eigenvalue weighted by Gasteiger charge is 2.20. The Balaban J connectivity index is 1.79. The predicted molar refractivity (Wildman–Crippen MR) is 139 cm³/mol. The Morgan fingerprint density at radius 3 is 1.84 bits per heavy atom. The van der Waals surface area contributed by atoms with Crippen molar-refractivity contribution in [1.82, 2.24) is 0 Å². The molecule has 4 aromatic rings. The number of para-hydroxylation sites is 2. The zero-order chi connectivity index (χ0) is 22.6. The number of aromatic hydroxyl groups is 1. The van der Waals surface area contributed by atoms with Crippen LogP contribution in [0.15, 0.2) is 108 Å². The summed E-state index contributed by atoms with van der Waals surface area (Å²) in [5.74, 6) is 0.301. The van der Waals surface area contributed by atoms with E-state index in [0.29, 0.717) is 5.75 Å². The molecule has 0 aliphatic carbocycles. The molecule has 4 rings (SSSR count). The molecule has 0 saturated carbocycles. The molecule has 0 atom stereocenters. The Labute approximate surface area is 192 Å². The number of benzene rings is 4. The highest BCUT2D eigenvalue weighted by Crippen LogP contribution is 2.37. The van der Waals surface area contributed by atoms with Crippen LogP contribution in [0.2, 0.25) is 0 Å². The van der Waals surface area contributed by atoms with Crippen LogP contribution >= 0.6 is 7.92 Å². The van der Waals surface area contributed by atoms with Crippen molar-refractivity contribution in [2.24, 2.45) is 4.99 Å². The quantitative estimate of drug-likeness (QED) is 0.293. The van der Waals surface area contributed by atoms with Gasteiger partial charge in [-0.2, -0.15) is 0 Å². The van der Waals surface area contributed by atoms with Crippen LogP contribution in [-0.2, 0) is 5.41 Å². The van der Waals surface area contributed by atoms with E-state index in [1.807, 2.05) is 24.3 Å². The molecule has 0 fully saturated rings. The first kappa shape index (κ1) is 22.0. The molecule has 0 unspecified atom stereocenters. The van der Waals surface area contributed by atoms with Gasteiger partial charge in [-0.15, -0.1) is 0 Å². The number of nitrogens with zero attached hydrogens (tertiary/aromatic N) is 1. The molecule has 0 aliphatic rings. The minimum absolute atomic E-state index is 0.138. The monoisotopic (exact) mass is 437 g/mol. The van der Waals surface area contributed by atoms with Gasteiger partial charge < -0.3 is 5.11 Å². The summed E-state index contributed by atoms with van der Waals surface area (Å²) in [5, 5.41) is 14.6. The number of phenols is 1. The van der Waals surface area contributed by atoms with E-state index in [4.69, 9.17) is 4.99 Å². The van der Waals surface area contributed by atoms with Crippen molar-refractivity contribution in [2.75, 3.05) is 0 Å². The third-order valence-electron chi connectivity index (χ3n) is 5.37. The van der Waals surface area contributed by atoms with Crippen LogP contribution in [-0.4, -0.2) is 11.3 Å². The van der Waals surface area contributed by atoms with Gasteiger partial charge in [0.2, 0.25) is 0 Å². The molecular weight excluding hydrogens is 409 g/mol. The topological polar surface area (TPSA) is 32.6 Å². The number of rotatable bonds is 5. The van der Waals surface area contributed by atoms with Crippen molar-refractivity contribution in [3.05, 3.63) is 114 Å². The fourth-order valence-corrected chi connectivity index (χ4v) is 6.15. The standard InChI is InChI=1S/C29H28NOP/c1-29(2,3)25-18-12-13-22(28(25)31)21-30-26-19-10-11-20-27(26)32(23-14-6-4-7-15-23)24-16-8-5-9-17-24/h4-21,31H,1-3H3. The minimum atomic E-state index is -0.756. The molecule has 1 N–H and O–H groups in total. The van der Waals surface area contributed by atoms with Crippen LogP contribution in [0.1, 0.15) is 31.9 Å². The lowest BCUT2D eigenvalue weighted by atomic mass is 9.85. The molecule has 0 bridgehead atoms. The Morgan fingerprint density at radius 2 is 1.25 bits per heavy atom. The predicted octanol–water partition coefficient (Wildman–Crippen LogP) is 6.20. The van der Waals surface area contributed by atoms with E-state index in [0.717, 1.165) is 16.8 Å². The second kappa shape index (κ2) is 9.51. The second-order valence-corrected chi connectivity index (χ2v) is 10.9. The SMILES string of the molecule is CC(C)(C)c1cccc(C=Nc2ccccc2P(c2ccccc2)c2ccccc2)c1O. The number of hydrogen-bond donors (Lipinski definition) is 1. The van der Waals surface area contributed by atoms with E-state index in [1.165, 1.54) is 15.9 Å². The molecule has 3 heteroatoms. The zero-order valence-electron chi connectivity index (χ0n) is 18.7. The molecule has 0 aliphatic heterocycles. The Morgan fingerprint density at radius 1 is 0.688 bits per heavy atom. The number of phenolic OH excluding ortho intramolecular Hbond substituents is 1. The summed E-state index contributed by atoms with van der Waals surface area (Å²) in [5.41, 5.74) is 2.44. The maximum atomic E-state index is 10.8. The molecule has 160 valence electrons. The lowest BCUT2D eigenvalue weighted by molar-refractivity contribution is 0.446. The first-order chi connectivity index (χ1) is 15.4. The molecular formula is C29H28NOP. The smallest absolute Gasteiger partial charge is 0.128 e. The van der Waals surface area contributed by atoms with Crippen LogP contribution in [0.3, 0.4) is 0 Å². The summed E-state index contributed by atoms with van der Waals surface area (Å²) >= 11 is 0. The van der Waals surface area contributed by atoms with Gasteiger partial charge in [0.15, 0.2) is 0 Å². The maximum Gasteiger partial charge on any atom is 0.128 e. The van der Waals surface area contributed by atoms with Crippen molar-refractivity contribution in [1.29, 1.82) is 0 Å². The van der Waals surface area contributed by atoms with Crippen LogP contribution in [0, 0.1) is 0 Å². The van der Waals surface area contributed by atoms with Gasteiger partial charge in [0.25, 0.3) is 0 Å². The van der Waals surface area contributed by atoms with Crippen molar-refractivity contribution < 1.29 is 5.11 Å². The molecule has 0 saturated heterocycles. The Hall–Kier alpha value is -3.22. The van der Waals surface area contributed by atoms with Crippen molar-refractivity contribution >= 4 is 35.7 Å². The van der Waals surface area contributed by atoms with Gasteiger partial charge >= 0.3 is 0 Å². The first-order valence-corrected chi connectivity index (χ1v) is 12.1. The second-order valence-electron chi connectivity index (χ2n) is 8.75. The van der Waals surface area contributed by atoms with E-state index in [9.17, 15) is 5.11 Å². The summed E-state index contributed by atoms with van der Waals surface area (Å²) in [6.07, 6.45) is 1.78. The maximum absolute atomic E-state index is 10.8. The van der Waals surface area contributed by atoms with Gasteiger partial charge in [0, 0.05) is 17.1 Å². The fourth-order valence-electron chi connectivity index (χ4n) is 3.75. The van der Waals surface area contributed by atoms with Gasteiger partial charge in [-0.25, -0.2) is 0 Å². The van der Waals surface area contributed by atoms with E-state index < -0.39 is 7.92 Å². The Kier molecular flexibility index (Phi) is 6.53. The highest BCUT2D eigenvalue weighted by molar-refractivity contribution is 7.80. The lowest BCUT2D eigenvalue weighted by Gasteiger charge is -2.21. The van der Waals surface area contributed by atoms with Crippen LogP contribution in [0.4, 0.5) is 5.69 Å². The van der Waals surface area contributed by atoms with Crippen molar-refractivity contribution in [2.45, 2.75) is 26.2 Å². The van der Waals surface area contributed by atoms with E-state index in [2.05, 4.69) is 99.6 Å². The van der Waals surface area contributed by atoms with E-state index in [-0.39, 0.29) is 5.41 Å². The van der Waals surface area contributed by atoms with Gasteiger partial charge in [-0.1, -0.05) is 112 Å². The molecule has 0 spiro atoms. The van der Waals surface area contributed by atoms with Crippen LogP contribution < -0.4 is 15.9 Å². The molecule has 0 aromatic heterocycles. The Bertz CT molecular complexity index is 1170. The molecule has 32 heavy (non-hydrogen) atoms. The van der Waals surface area contributed by atoms with Gasteiger partial charge in [0.1, 0.15) is 5.75 Å². The fraction of sp³-hybridized carbons (Fsp3) is 0.138. The van der Waals surface area contributed by atoms with E-state index >= 15 is 0 Å². The molecule has 0 heterocycles. The first-order valence-electron chi connectivity index (χ1n) is 10.8. The van der Waals surface area contributed by atoms with E-state index in [1.54, 1.807) is 6.21 Å². The average molecular weight is 438 g/mol. The minimum Gasteiger partial charge on any atom is -0.507 e. The zero-order valence-corrected chi connectivity index (χ0v) is 19.6. The summed E-state index contributed by atoms with van der Waals surface area (Å²) in [6, 6.07) is 35.4. The molecule has 0 amide bonds. The number of hydrogen-bond acceptors (Lipinski definition) is 2. The van der Waals surface area contributed by atoms with Crippen LogP contribution in [0.25, 0.3) is 0 Å². The molecule has 2 nitrogen and oxygen atoms in total. The normalized spacial score (nSPS) is 11.9. The third kappa shape index (κ3) is 4.82. The van der Waals surface area contributed by atoms with Gasteiger partial charge in [-0.05, 0) is 41.6 Å². The largest absolute Gasteiger partial charge is 0.507 e. The van der Waals surface area contributed by atoms with Crippen molar-refractivity contribution in [3.8, 4) is 5.75 Å². The molecule has 0 radical (unpaired) electrons. The van der Waals surface area contributed by atoms with Gasteiger partial charge in [0.05, 0.1) is 5.69 Å². The number of aliphatic imine (C=N–C) groups is 1. The van der Waals surface area contributed by atoms with Crippen LogP contribution in [0.5, 0.6) is 5.75 Å². The highest BCUT2D eigenvalue weighted by atomic mass is 31.1. The summed E-state index contributed by atoms with van der Waals surface area (Å²) < 4.78 is 0. The third-order valence-corrected chi connectivity index (χ3v) is 7.86. The summed E-state index contributed by atoms with van der Waals surface area (Å²) in [7, 11) is -0.756. The van der Waals surface area contributed by atoms with Gasteiger partial charge in [-0.3, -0.25) is 4.99 Å². The average Bonchev–Trinajstić information content (AvgIpc) is 2.80. The lowest BCUT2D eigenvalue weighted by Crippen LogP contribution is -2.20. The summed E-state index contributed by atoms with van der Waals surface area (Å²) in [4.78, 5) is 4.86. The molecule has 4 aromatic carbocycles.